The maximum atomic E-state index is 13.0. The van der Waals surface area contributed by atoms with Gasteiger partial charge in [-0.2, -0.15) is 0 Å². The third-order valence-electron chi connectivity index (χ3n) is 3.63. The SMILES string of the molecule is Cc1ccc(-c2nnc([C@@H](C)OC(=O)COc3ccc(F)cc3Cl)o2)cc1. The molecule has 140 valence electrons. The maximum Gasteiger partial charge on any atom is 0.344 e. The van der Waals surface area contributed by atoms with Crippen LogP contribution in [0.4, 0.5) is 4.39 Å². The summed E-state index contributed by atoms with van der Waals surface area (Å²) in [5.41, 5.74) is 1.88. The van der Waals surface area contributed by atoms with Gasteiger partial charge in [0.1, 0.15) is 11.6 Å². The van der Waals surface area contributed by atoms with Crippen LogP contribution in [0.25, 0.3) is 11.5 Å². The average Bonchev–Trinajstić information content (AvgIpc) is 3.12. The molecule has 1 aromatic heterocycles. The molecular formula is C19H16ClFN2O4. The number of halogens is 2. The Labute approximate surface area is 159 Å². The van der Waals surface area contributed by atoms with Crippen LogP contribution in [0.1, 0.15) is 24.5 Å². The van der Waals surface area contributed by atoms with Gasteiger partial charge in [0.2, 0.25) is 5.89 Å². The third kappa shape index (κ3) is 4.83. The first kappa shape index (κ1) is 18.8. The number of aromatic nitrogens is 2. The van der Waals surface area contributed by atoms with Gasteiger partial charge in [-0.05, 0) is 44.2 Å². The topological polar surface area (TPSA) is 74.5 Å². The molecule has 3 rings (SSSR count). The average molecular weight is 391 g/mol. The summed E-state index contributed by atoms with van der Waals surface area (Å²) in [5, 5.41) is 7.94. The van der Waals surface area contributed by atoms with E-state index in [0.717, 1.165) is 17.2 Å². The van der Waals surface area contributed by atoms with Gasteiger partial charge in [-0.25, -0.2) is 9.18 Å². The zero-order valence-electron chi connectivity index (χ0n) is 14.6. The van der Waals surface area contributed by atoms with E-state index in [1.54, 1.807) is 6.92 Å². The number of carbonyl (C=O) groups is 1. The van der Waals surface area contributed by atoms with E-state index in [0.29, 0.717) is 5.89 Å². The molecule has 1 heterocycles. The number of hydrogen-bond donors (Lipinski definition) is 0. The Morgan fingerprint density at radius 2 is 1.96 bits per heavy atom. The molecule has 8 heteroatoms. The molecule has 0 aliphatic carbocycles. The Kier molecular flexibility index (Phi) is 5.71. The molecule has 0 bridgehead atoms. The monoisotopic (exact) mass is 390 g/mol. The van der Waals surface area contributed by atoms with Crippen LogP contribution in [0, 0.1) is 12.7 Å². The first-order valence-electron chi connectivity index (χ1n) is 8.10. The van der Waals surface area contributed by atoms with E-state index in [4.69, 9.17) is 25.5 Å². The van der Waals surface area contributed by atoms with E-state index >= 15 is 0 Å². The number of esters is 1. The molecule has 3 aromatic rings. The molecule has 0 aliphatic rings. The van der Waals surface area contributed by atoms with Gasteiger partial charge < -0.3 is 13.9 Å². The van der Waals surface area contributed by atoms with E-state index in [1.165, 1.54) is 12.1 Å². The van der Waals surface area contributed by atoms with Crippen LogP contribution >= 0.6 is 11.6 Å². The second kappa shape index (κ2) is 8.18. The summed E-state index contributed by atoms with van der Waals surface area (Å²) in [4.78, 5) is 11.9. The van der Waals surface area contributed by atoms with Crippen LogP contribution in [-0.4, -0.2) is 22.8 Å². The standard InChI is InChI=1S/C19H16ClFN2O4/c1-11-3-5-13(6-4-11)19-23-22-18(27-19)12(2)26-17(24)10-25-16-8-7-14(21)9-15(16)20/h3-9,12H,10H2,1-2H3/t12-/m1/s1. The highest BCUT2D eigenvalue weighted by atomic mass is 35.5. The Hall–Kier alpha value is -2.93. The largest absolute Gasteiger partial charge is 0.480 e. The molecule has 0 radical (unpaired) electrons. The summed E-state index contributed by atoms with van der Waals surface area (Å²) in [5.74, 6) is -0.467. The van der Waals surface area contributed by atoms with E-state index in [2.05, 4.69) is 10.2 Å². The molecule has 0 fully saturated rings. The van der Waals surface area contributed by atoms with Crippen molar-refractivity contribution < 1.29 is 23.1 Å². The number of rotatable bonds is 6. The van der Waals surface area contributed by atoms with Crippen LogP contribution in [0.15, 0.2) is 46.9 Å². The van der Waals surface area contributed by atoms with Gasteiger partial charge in [0.05, 0.1) is 5.02 Å². The number of carbonyl (C=O) groups excluding carboxylic acids is 1. The van der Waals surface area contributed by atoms with E-state index in [1.807, 2.05) is 31.2 Å². The van der Waals surface area contributed by atoms with Gasteiger partial charge in [-0.1, -0.05) is 29.3 Å². The summed E-state index contributed by atoms with van der Waals surface area (Å²) in [6.07, 6.45) is -0.753. The maximum absolute atomic E-state index is 13.0. The van der Waals surface area contributed by atoms with Crippen LogP contribution < -0.4 is 4.74 Å². The lowest BCUT2D eigenvalue weighted by Crippen LogP contribution is -2.17. The zero-order chi connectivity index (χ0) is 19.4. The minimum absolute atomic E-state index is 0.0653. The first-order valence-corrected chi connectivity index (χ1v) is 8.48. The normalized spacial score (nSPS) is 11.9. The highest BCUT2D eigenvalue weighted by Crippen LogP contribution is 2.25. The molecule has 0 spiro atoms. The van der Waals surface area contributed by atoms with E-state index in [9.17, 15) is 9.18 Å². The second-order valence-corrected chi connectivity index (χ2v) is 6.21. The van der Waals surface area contributed by atoms with E-state index < -0.39 is 24.5 Å². The van der Waals surface area contributed by atoms with Crippen molar-refractivity contribution in [2.45, 2.75) is 20.0 Å². The number of aryl methyl sites for hydroxylation is 1. The quantitative estimate of drug-likeness (QED) is 0.576. The van der Waals surface area contributed by atoms with Crippen LogP contribution in [0.2, 0.25) is 5.02 Å². The Balaban J connectivity index is 1.57. The van der Waals surface area contributed by atoms with Gasteiger partial charge >= 0.3 is 5.97 Å². The first-order chi connectivity index (χ1) is 12.9. The number of ether oxygens (including phenoxy) is 2. The van der Waals surface area contributed by atoms with Crippen molar-refractivity contribution in [1.29, 1.82) is 0 Å². The predicted octanol–water partition coefficient (Wildman–Crippen LogP) is 4.52. The Bertz CT molecular complexity index is 943. The van der Waals surface area contributed by atoms with Crippen molar-refractivity contribution in [1.82, 2.24) is 10.2 Å². The molecule has 27 heavy (non-hydrogen) atoms. The molecule has 0 N–H and O–H groups in total. The molecule has 0 saturated heterocycles. The Morgan fingerprint density at radius 1 is 1.22 bits per heavy atom. The number of hydrogen-bond acceptors (Lipinski definition) is 6. The van der Waals surface area contributed by atoms with Crippen molar-refractivity contribution in [3.8, 4) is 17.2 Å². The van der Waals surface area contributed by atoms with Crippen LogP contribution in [0.3, 0.4) is 0 Å². The molecule has 0 unspecified atom stereocenters. The fourth-order valence-electron chi connectivity index (χ4n) is 2.22. The lowest BCUT2D eigenvalue weighted by Gasteiger charge is -2.11. The predicted molar refractivity (Wildman–Crippen MR) is 95.9 cm³/mol. The van der Waals surface area contributed by atoms with E-state index in [-0.39, 0.29) is 16.7 Å². The number of benzene rings is 2. The van der Waals surface area contributed by atoms with Gasteiger partial charge in [-0.15, -0.1) is 10.2 Å². The van der Waals surface area contributed by atoms with Crippen LogP contribution in [0.5, 0.6) is 5.75 Å². The second-order valence-electron chi connectivity index (χ2n) is 5.81. The molecule has 6 nitrogen and oxygen atoms in total. The smallest absolute Gasteiger partial charge is 0.344 e. The van der Waals surface area contributed by atoms with Crippen molar-refractivity contribution >= 4 is 17.6 Å². The summed E-state index contributed by atoms with van der Waals surface area (Å²) in [6, 6.07) is 11.2. The molecular weight excluding hydrogens is 375 g/mol. The third-order valence-corrected chi connectivity index (χ3v) is 3.93. The fraction of sp³-hybridized carbons (Fsp3) is 0.211. The zero-order valence-corrected chi connectivity index (χ0v) is 15.4. The van der Waals surface area contributed by atoms with Gasteiger partial charge in [-0.3, -0.25) is 0 Å². The summed E-state index contributed by atoms with van der Waals surface area (Å²) in [7, 11) is 0. The fourth-order valence-corrected chi connectivity index (χ4v) is 2.44. The number of nitrogens with zero attached hydrogens (tertiary/aromatic N) is 2. The lowest BCUT2D eigenvalue weighted by molar-refractivity contribution is -0.152. The molecule has 0 saturated carbocycles. The van der Waals surface area contributed by atoms with Gasteiger partial charge in [0.25, 0.3) is 5.89 Å². The molecule has 0 amide bonds. The highest BCUT2D eigenvalue weighted by molar-refractivity contribution is 6.32. The molecule has 2 aromatic carbocycles. The minimum Gasteiger partial charge on any atom is -0.480 e. The Morgan fingerprint density at radius 3 is 2.67 bits per heavy atom. The van der Waals surface area contributed by atoms with Crippen LogP contribution in [-0.2, 0) is 9.53 Å². The van der Waals surface area contributed by atoms with Gasteiger partial charge in [0.15, 0.2) is 12.7 Å². The van der Waals surface area contributed by atoms with Crippen molar-refractivity contribution in [2.24, 2.45) is 0 Å². The van der Waals surface area contributed by atoms with Crippen molar-refractivity contribution in [3.05, 3.63) is 64.8 Å². The molecule has 1 atom stereocenters. The summed E-state index contributed by atoms with van der Waals surface area (Å²) < 4.78 is 29.0. The lowest BCUT2D eigenvalue weighted by atomic mass is 10.1. The minimum atomic E-state index is -0.753. The highest BCUT2D eigenvalue weighted by Gasteiger charge is 2.19. The van der Waals surface area contributed by atoms with Crippen molar-refractivity contribution in [2.75, 3.05) is 6.61 Å². The van der Waals surface area contributed by atoms with Crippen molar-refractivity contribution in [3.63, 3.8) is 0 Å². The summed E-state index contributed by atoms with van der Waals surface area (Å²) in [6.45, 7) is 3.19. The van der Waals surface area contributed by atoms with Gasteiger partial charge in [0, 0.05) is 5.56 Å². The molecule has 0 aliphatic heterocycles. The summed E-state index contributed by atoms with van der Waals surface area (Å²) >= 11 is 5.83.